The second-order valence-electron chi connectivity index (χ2n) is 23.9. The summed E-state index contributed by atoms with van der Waals surface area (Å²) in [6, 6.07) is 51.4. The summed E-state index contributed by atoms with van der Waals surface area (Å²) in [6.07, 6.45) is 4.70. The van der Waals surface area contributed by atoms with Gasteiger partial charge in [0.05, 0.1) is 0 Å². The van der Waals surface area contributed by atoms with E-state index in [0.29, 0.717) is 0 Å². The van der Waals surface area contributed by atoms with Crippen molar-refractivity contribution in [3.63, 3.8) is 0 Å². The summed E-state index contributed by atoms with van der Waals surface area (Å²) >= 11 is 0. The minimum absolute atomic E-state index is 0.0543. The Balaban J connectivity index is 1.13. The van der Waals surface area contributed by atoms with Crippen molar-refractivity contribution >= 4 is 79.2 Å². The van der Waals surface area contributed by atoms with Gasteiger partial charge in [-0.05, 0) is 169 Å². The molecule has 0 spiro atoms. The Hall–Kier alpha value is -6.00. The minimum Gasteiger partial charge on any atom is -0.456 e. The quantitative estimate of drug-likeness (QED) is 0.165. The van der Waals surface area contributed by atoms with Crippen molar-refractivity contribution in [3.05, 3.63) is 161 Å². The molecule has 0 unspecified atom stereocenters. The third-order valence-electron chi connectivity index (χ3n) is 16.8. The van der Waals surface area contributed by atoms with E-state index in [9.17, 15) is 0 Å². The fraction of sp³-hybridized carbons (Fsp3) is 0.323. The molecule has 3 heterocycles. The molecule has 2 aliphatic heterocycles. The van der Waals surface area contributed by atoms with Crippen LogP contribution in [0.2, 0.25) is 0 Å². The van der Waals surface area contributed by atoms with Gasteiger partial charge in [-0.3, -0.25) is 0 Å². The molecular formula is C62H63BN2O. The fourth-order valence-corrected chi connectivity index (χ4v) is 12.5. The van der Waals surface area contributed by atoms with Crippen LogP contribution >= 0.6 is 0 Å². The van der Waals surface area contributed by atoms with Gasteiger partial charge in [0.1, 0.15) is 11.2 Å². The Labute approximate surface area is 392 Å². The maximum Gasteiger partial charge on any atom is 0.252 e. The van der Waals surface area contributed by atoms with Crippen LogP contribution in [0.15, 0.2) is 138 Å². The molecule has 0 fully saturated rings. The second-order valence-corrected chi connectivity index (χ2v) is 23.9. The highest BCUT2D eigenvalue weighted by Gasteiger charge is 2.48. The monoisotopic (exact) mass is 863 g/mol. The molecule has 0 N–H and O–H groups in total. The molecule has 0 atom stereocenters. The van der Waals surface area contributed by atoms with Crippen molar-refractivity contribution in [3.8, 4) is 11.1 Å². The molecule has 3 nitrogen and oxygen atoms in total. The van der Waals surface area contributed by atoms with Gasteiger partial charge in [0.15, 0.2) is 0 Å². The summed E-state index contributed by atoms with van der Waals surface area (Å²) in [7, 11) is 0. The van der Waals surface area contributed by atoms with Crippen molar-refractivity contribution in [2.45, 2.75) is 129 Å². The van der Waals surface area contributed by atoms with Gasteiger partial charge >= 0.3 is 0 Å². The first-order chi connectivity index (χ1) is 31.3. The molecule has 7 aromatic carbocycles. The van der Waals surface area contributed by atoms with Gasteiger partial charge in [-0.25, -0.2) is 0 Å². The van der Waals surface area contributed by atoms with E-state index < -0.39 is 0 Å². The highest BCUT2D eigenvalue weighted by atomic mass is 16.3. The van der Waals surface area contributed by atoms with Crippen LogP contribution in [0, 0.1) is 0 Å². The highest BCUT2D eigenvalue weighted by Crippen LogP contribution is 2.53. The Kier molecular flexibility index (Phi) is 8.65. The van der Waals surface area contributed by atoms with E-state index in [0.717, 1.165) is 16.6 Å². The SMILES string of the molecule is CC(C)(C)c1ccc(N2c3cc4c(cc3B3c5cc6c(cc5N(c5ccc(-c7cccc8oc9ccccc9c78)cc5)c5cccc2c53)C(C)(C)CCC6(C)C)C(C)(C)CCC4(C)C)cc1. The smallest absolute Gasteiger partial charge is 0.252 e. The molecule has 1 aromatic heterocycles. The number of rotatable bonds is 3. The lowest BCUT2D eigenvalue weighted by Gasteiger charge is -2.48. The maximum absolute atomic E-state index is 6.35. The van der Waals surface area contributed by atoms with Crippen LogP contribution in [0.4, 0.5) is 34.1 Å². The molecule has 2 aliphatic carbocycles. The molecule has 4 heteroatoms. The van der Waals surface area contributed by atoms with Crippen molar-refractivity contribution in [1.29, 1.82) is 0 Å². The molecule has 0 amide bonds. The van der Waals surface area contributed by atoms with E-state index in [-0.39, 0.29) is 33.8 Å². The average Bonchev–Trinajstić information content (AvgIpc) is 3.68. The van der Waals surface area contributed by atoms with Crippen LogP contribution in [-0.4, -0.2) is 6.71 Å². The van der Waals surface area contributed by atoms with Crippen LogP contribution in [0.5, 0.6) is 0 Å². The summed E-state index contributed by atoms with van der Waals surface area (Å²) in [5.74, 6) is 0. The van der Waals surface area contributed by atoms with Gasteiger partial charge in [0.25, 0.3) is 6.71 Å². The zero-order valence-electron chi connectivity index (χ0n) is 40.9. The Morgan fingerprint density at radius 3 is 1.44 bits per heavy atom. The molecule has 330 valence electrons. The predicted molar refractivity (Wildman–Crippen MR) is 282 cm³/mol. The third kappa shape index (κ3) is 6.02. The molecule has 0 bridgehead atoms. The largest absolute Gasteiger partial charge is 0.456 e. The molecule has 66 heavy (non-hydrogen) atoms. The predicted octanol–water partition coefficient (Wildman–Crippen LogP) is 15.3. The number of benzene rings is 7. The van der Waals surface area contributed by atoms with Gasteiger partial charge in [0.2, 0.25) is 0 Å². The lowest BCUT2D eigenvalue weighted by atomic mass is 9.32. The minimum atomic E-state index is 0.0543. The number of hydrogen-bond acceptors (Lipinski definition) is 3. The average molecular weight is 863 g/mol. The lowest BCUT2D eigenvalue weighted by molar-refractivity contribution is 0.332. The Morgan fingerprint density at radius 1 is 0.470 bits per heavy atom. The first-order valence-electron chi connectivity index (χ1n) is 24.5. The molecule has 0 saturated carbocycles. The molecule has 0 radical (unpaired) electrons. The fourth-order valence-electron chi connectivity index (χ4n) is 12.5. The number of fused-ring (bicyclic) bond motifs is 9. The molecule has 12 rings (SSSR count). The molecule has 8 aromatic rings. The van der Waals surface area contributed by atoms with Crippen molar-refractivity contribution in [1.82, 2.24) is 0 Å². The summed E-state index contributed by atoms with van der Waals surface area (Å²) in [5.41, 5.74) is 23.6. The van der Waals surface area contributed by atoms with E-state index in [1.807, 2.05) is 0 Å². The van der Waals surface area contributed by atoms with E-state index >= 15 is 0 Å². The van der Waals surface area contributed by atoms with E-state index in [4.69, 9.17) is 4.42 Å². The standard InChI is InChI=1S/C62H63BN2O/c1-58(2,3)39-24-28-41(29-25-39)65-51-19-15-18-50-57(51)63(49-35-45-47(37-53(49)65)62(10,11)33-31-60(45,6)7)48-34-44-46(61(8,9)32-30-59(44,4)5)36-52(48)64(50)40-26-22-38(23-27-40)42-17-14-21-55-56(42)43-16-12-13-20-54(43)66-55/h12-29,34-37H,30-33H2,1-11H3. The zero-order valence-corrected chi connectivity index (χ0v) is 40.9. The number of furan rings is 1. The highest BCUT2D eigenvalue weighted by molar-refractivity contribution is 7.00. The van der Waals surface area contributed by atoms with Crippen LogP contribution < -0.4 is 26.2 Å². The van der Waals surface area contributed by atoms with Crippen LogP contribution in [0.25, 0.3) is 33.1 Å². The Bertz CT molecular complexity index is 3300. The van der Waals surface area contributed by atoms with Crippen molar-refractivity contribution in [2.24, 2.45) is 0 Å². The van der Waals surface area contributed by atoms with Crippen molar-refractivity contribution < 1.29 is 4.42 Å². The van der Waals surface area contributed by atoms with Gasteiger partial charge < -0.3 is 14.2 Å². The number of nitrogens with zero attached hydrogens (tertiary/aromatic N) is 2. The number of anilines is 6. The van der Waals surface area contributed by atoms with E-state index in [1.165, 1.54) is 121 Å². The van der Waals surface area contributed by atoms with Gasteiger partial charge in [-0.1, -0.05) is 149 Å². The summed E-state index contributed by atoms with van der Waals surface area (Å²) in [6.45, 7) is 26.8. The first-order valence-corrected chi connectivity index (χ1v) is 24.5. The topological polar surface area (TPSA) is 19.6 Å². The first kappa shape index (κ1) is 41.4. The second kappa shape index (κ2) is 13.8. The van der Waals surface area contributed by atoms with Crippen LogP contribution in [0.1, 0.15) is 130 Å². The molecular weight excluding hydrogens is 800 g/mol. The summed E-state index contributed by atoms with van der Waals surface area (Å²) < 4.78 is 6.35. The van der Waals surface area contributed by atoms with E-state index in [2.05, 4.69) is 219 Å². The summed E-state index contributed by atoms with van der Waals surface area (Å²) in [5, 5.41) is 2.32. The van der Waals surface area contributed by atoms with Crippen LogP contribution in [0.3, 0.4) is 0 Å². The number of hydrogen-bond donors (Lipinski definition) is 0. The van der Waals surface area contributed by atoms with Gasteiger partial charge in [-0.2, -0.15) is 0 Å². The summed E-state index contributed by atoms with van der Waals surface area (Å²) in [4.78, 5) is 5.22. The number of para-hydroxylation sites is 1. The van der Waals surface area contributed by atoms with Gasteiger partial charge in [-0.15, -0.1) is 0 Å². The normalized spacial score (nSPS) is 18.4. The van der Waals surface area contributed by atoms with E-state index in [1.54, 1.807) is 0 Å². The zero-order chi connectivity index (χ0) is 45.9. The maximum atomic E-state index is 6.35. The van der Waals surface area contributed by atoms with Crippen molar-refractivity contribution in [2.75, 3.05) is 9.80 Å². The molecule has 4 aliphatic rings. The third-order valence-corrected chi connectivity index (χ3v) is 16.8. The molecule has 0 saturated heterocycles. The van der Waals surface area contributed by atoms with Crippen LogP contribution in [-0.2, 0) is 27.1 Å². The lowest BCUT2D eigenvalue weighted by Crippen LogP contribution is -2.62. The Morgan fingerprint density at radius 2 is 0.924 bits per heavy atom. The van der Waals surface area contributed by atoms with Gasteiger partial charge in [0, 0.05) is 44.9 Å².